The first-order valence-electron chi connectivity index (χ1n) is 2.73. The van der Waals surface area contributed by atoms with Crippen LogP contribution in [0.2, 0.25) is 0 Å². The van der Waals surface area contributed by atoms with Crippen molar-refractivity contribution in [2.45, 2.75) is 31.0 Å². The van der Waals surface area contributed by atoms with Crippen LogP contribution >= 0.6 is 0 Å². The van der Waals surface area contributed by atoms with Gasteiger partial charge in [-0.25, -0.2) is 8.78 Å². The number of fused-ring (bicyclic) bond motifs is 1. The summed E-state index contributed by atoms with van der Waals surface area (Å²) in [4.78, 5) is 0. The van der Waals surface area contributed by atoms with Crippen LogP contribution in [-0.4, -0.2) is 18.1 Å². The zero-order valence-corrected chi connectivity index (χ0v) is 4.23. The Morgan fingerprint density at radius 3 is 2.38 bits per heavy atom. The molecule has 1 nitrogen and oxygen atoms in total. The molecule has 8 heavy (non-hydrogen) atoms. The smallest absolute Gasteiger partial charge is 0.276 e. The predicted octanol–water partition coefficient (Wildman–Crippen LogP) is 1.18. The number of alkyl halides is 2. The van der Waals surface area contributed by atoms with Crippen molar-refractivity contribution in [1.29, 1.82) is 0 Å². The van der Waals surface area contributed by atoms with E-state index in [1.807, 2.05) is 0 Å². The summed E-state index contributed by atoms with van der Waals surface area (Å²) in [6.07, 6.45) is -0.215. The van der Waals surface area contributed by atoms with Crippen molar-refractivity contribution in [1.82, 2.24) is 0 Å². The molecule has 1 aliphatic heterocycles. The van der Waals surface area contributed by atoms with Crippen molar-refractivity contribution in [3.8, 4) is 0 Å². The van der Waals surface area contributed by atoms with Crippen molar-refractivity contribution in [3.05, 3.63) is 0 Å². The van der Waals surface area contributed by atoms with E-state index in [9.17, 15) is 8.78 Å². The summed E-state index contributed by atoms with van der Waals surface area (Å²) in [6.45, 7) is 0. The summed E-state index contributed by atoms with van der Waals surface area (Å²) < 4.78 is 29.1. The van der Waals surface area contributed by atoms with Crippen LogP contribution in [0.25, 0.3) is 0 Å². The monoisotopic (exact) mass is 120 g/mol. The Morgan fingerprint density at radius 1 is 1.50 bits per heavy atom. The summed E-state index contributed by atoms with van der Waals surface area (Å²) in [6, 6.07) is 0. The number of hydrogen-bond acceptors (Lipinski definition) is 1. The fourth-order valence-electron chi connectivity index (χ4n) is 1.21. The minimum atomic E-state index is -2.50. The van der Waals surface area contributed by atoms with E-state index in [4.69, 9.17) is 0 Å². The highest BCUT2D eigenvalue weighted by Crippen LogP contribution is 2.48. The summed E-state index contributed by atoms with van der Waals surface area (Å²) >= 11 is 0. The maximum atomic E-state index is 12.3. The quantitative estimate of drug-likeness (QED) is 0.437. The molecule has 2 aliphatic rings. The fraction of sp³-hybridized carbons (Fsp3) is 1.00. The largest absolute Gasteiger partial charge is 0.363 e. The average molecular weight is 120 g/mol. The van der Waals surface area contributed by atoms with Crippen LogP contribution < -0.4 is 0 Å². The van der Waals surface area contributed by atoms with Crippen molar-refractivity contribution in [3.63, 3.8) is 0 Å². The lowest BCUT2D eigenvalue weighted by Gasteiger charge is -2.06. The van der Waals surface area contributed by atoms with Gasteiger partial charge in [0.15, 0.2) is 0 Å². The van der Waals surface area contributed by atoms with Crippen molar-refractivity contribution in [2.24, 2.45) is 0 Å². The molecule has 0 amide bonds. The number of epoxide rings is 1. The Bertz CT molecular complexity index is 124. The molecule has 1 saturated heterocycles. The van der Waals surface area contributed by atoms with Crippen LogP contribution in [0.4, 0.5) is 8.78 Å². The first kappa shape index (κ1) is 4.68. The van der Waals surface area contributed by atoms with E-state index in [0.29, 0.717) is 6.42 Å². The fourth-order valence-corrected chi connectivity index (χ4v) is 1.21. The molecule has 2 rings (SSSR count). The molecule has 46 valence electrons. The van der Waals surface area contributed by atoms with E-state index in [-0.39, 0.29) is 12.5 Å². The van der Waals surface area contributed by atoms with Crippen molar-refractivity contribution in [2.75, 3.05) is 0 Å². The molecule has 3 heteroatoms. The lowest BCUT2D eigenvalue weighted by molar-refractivity contribution is -0.0325. The second kappa shape index (κ2) is 1.05. The lowest BCUT2D eigenvalue weighted by Crippen LogP contribution is -2.18. The Balaban J connectivity index is 2.17. The van der Waals surface area contributed by atoms with Crippen LogP contribution in [0.3, 0.4) is 0 Å². The van der Waals surface area contributed by atoms with Gasteiger partial charge in [-0.3, -0.25) is 0 Å². The minimum Gasteiger partial charge on any atom is -0.363 e. The van der Waals surface area contributed by atoms with Crippen LogP contribution in [-0.2, 0) is 4.74 Å². The van der Waals surface area contributed by atoms with E-state index < -0.39 is 12.0 Å². The molecule has 0 radical (unpaired) electrons. The van der Waals surface area contributed by atoms with E-state index in [2.05, 4.69) is 4.74 Å². The third kappa shape index (κ3) is 0.426. The topological polar surface area (TPSA) is 12.5 Å². The molecule has 0 spiro atoms. The Morgan fingerprint density at radius 2 is 2.25 bits per heavy atom. The SMILES string of the molecule is FC1(F)CCC2OC21. The van der Waals surface area contributed by atoms with Gasteiger partial charge in [0.1, 0.15) is 6.10 Å². The number of rotatable bonds is 0. The summed E-state index contributed by atoms with van der Waals surface area (Å²) in [7, 11) is 0. The molecule has 0 aromatic rings. The van der Waals surface area contributed by atoms with Gasteiger partial charge in [0, 0.05) is 6.42 Å². The molecule has 1 saturated carbocycles. The summed E-state index contributed by atoms with van der Waals surface area (Å²) in [5.74, 6) is -2.50. The maximum Gasteiger partial charge on any atom is 0.276 e. The molecular weight excluding hydrogens is 114 g/mol. The highest BCUT2D eigenvalue weighted by molar-refractivity contribution is 5.02. The summed E-state index contributed by atoms with van der Waals surface area (Å²) in [5.41, 5.74) is 0. The molecule has 2 fully saturated rings. The molecule has 0 aromatic heterocycles. The number of ether oxygens (including phenoxy) is 1. The van der Waals surface area contributed by atoms with Gasteiger partial charge in [0.25, 0.3) is 5.92 Å². The van der Waals surface area contributed by atoms with E-state index in [1.165, 1.54) is 0 Å². The van der Waals surface area contributed by atoms with Gasteiger partial charge in [0.05, 0.1) is 6.10 Å². The van der Waals surface area contributed by atoms with E-state index in [1.54, 1.807) is 0 Å². The van der Waals surface area contributed by atoms with Gasteiger partial charge < -0.3 is 4.74 Å². The molecular formula is C5H6F2O. The number of hydrogen-bond donors (Lipinski definition) is 0. The molecule has 0 bridgehead atoms. The van der Waals surface area contributed by atoms with Gasteiger partial charge in [-0.1, -0.05) is 0 Å². The molecule has 1 heterocycles. The Hall–Kier alpha value is -0.180. The number of halogens is 2. The van der Waals surface area contributed by atoms with Crippen molar-refractivity contribution < 1.29 is 13.5 Å². The van der Waals surface area contributed by atoms with Gasteiger partial charge in [-0.2, -0.15) is 0 Å². The Labute approximate surface area is 45.6 Å². The minimum absolute atomic E-state index is 0.0301. The van der Waals surface area contributed by atoms with Crippen LogP contribution in [0.15, 0.2) is 0 Å². The second-order valence-electron chi connectivity index (χ2n) is 2.39. The molecule has 0 N–H and O–H groups in total. The molecule has 2 atom stereocenters. The average Bonchev–Trinajstić information content (AvgIpc) is 2.34. The molecule has 1 aliphatic carbocycles. The van der Waals surface area contributed by atoms with Crippen LogP contribution in [0.5, 0.6) is 0 Å². The normalized spacial score (nSPS) is 48.8. The van der Waals surface area contributed by atoms with E-state index >= 15 is 0 Å². The first-order chi connectivity index (χ1) is 3.70. The first-order valence-corrected chi connectivity index (χ1v) is 2.73. The van der Waals surface area contributed by atoms with Gasteiger partial charge in [-0.05, 0) is 6.42 Å². The van der Waals surface area contributed by atoms with E-state index in [0.717, 1.165) is 0 Å². The van der Waals surface area contributed by atoms with Crippen LogP contribution in [0, 0.1) is 0 Å². The van der Waals surface area contributed by atoms with Gasteiger partial charge in [0.2, 0.25) is 0 Å². The molecule has 2 unspecified atom stereocenters. The lowest BCUT2D eigenvalue weighted by atomic mass is 10.3. The standard InChI is InChI=1S/C5H6F2O/c6-5(7)2-1-3-4(5)8-3/h3-4H,1-2H2. The maximum absolute atomic E-state index is 12.3. The van der Waals surface area contributed by atoms with Gasteiger partial charge in [-0.15, -0.1) is 0 Å². The zero-order chi connectivity index (χ0) is 5.78. The van der Waals surface area contributed by atoms with Crippen LogP contribution in [0.1, 0.15) is 12.8 Å². The second-order valence-corrected chi connectivity index (χ2v) is 2.39. The van der Waals surface area contributed by atoms with Gasteiger partial charge >= 0.3 is 0 Å². The third-order valence-corrected chi connectivity index (χ3v) is 1.76. The van der Waals surface area contributed by atoms with Crippen molar-refractivity contribution >= 4 is 0 Å². The highest BCUT2D eigenvalue weighted by Gasteiger charge is 2.62. The summed E-state index contributed by atoms with van der Waals surface area (Å²) in [5, 5.41) is 0. The third-order valence-electron chi connectivity index (χ3n) is 1.76. The predicted molar refractivity (Wildman–Crippen MR) is 22.8 cm³/mol. The zero-order valence-electron chi connectivity index (χ0n) is 4.23. The molecule has 0 aromatic carbocycles. The highest BCUT2D eigenvalue weighted by atomic mass is 19.3. The Kier molecular flexibility index (Phi) is 0.615.